The fourth-order valence-corrected chi connectivity index (χ4v) is 3.77. The Balaban J connectivity index is 0.00000144. The fraction of sp³-hybridized carbons (Fsp3) is 1.00. The van der Waals surface area contributed by atoms with Crippen molar-refractivity contribution in [1.82, 2.24) is 0 Å². The van der Waals surface area contributed by atoms with Gasteiger partial charge in [0.2, 0.25) is 0 Å². The zero-order chi connectivity index (χ0) is 11.8. The topological polar surface area (TPSA) is 0 Å². The average Bonchev–Trinajstić information content (AvgIpc) is 2.66. The van der Waals surface area contributed by atoms with Crippen molar-refractivity contribution in [2.45, 2.75) is 25.7 Å². The fourth-order valence-electron chi connectivity index (χ4n) is 3.77. The number of hydrogen-bond donors (Lipinski definition) is 0. The molecule has 0 bridgehead atoms. The van der Waals surface area contributed by atoms with Crippen molar-refractivity contribution in [2.75, 3.05) is 54.4 Å². The molecular weight excluding hydrogens is 450 g/mol. The molecule has 2 aliphatic heterocycles. The molecule has 2 atom stereocenters. The second-order valence-corrected chi connectivity index (χ2v) is 7.57. The van der Waals surface area contributed by atoms with E-state index in [1.54, 1.807) is 0 Å². The van der Waals surface area contributed by atoms with Gasteiger partial charge in [-0.2, -0.15) is 0 Å². The molecule has 0 saturated carbocycles. The van der Waals surface area contributed by atoms with Crippen LogP contribution in [0.3, 0.4) is 0 Å². The Bertz CT molecular complexity index is 228. The predicted molar refractivity (Wildman–Crippen MR) is 69.1 cm³/mol. The average molecular weight is 480 g/mol. The van der Waals surface area contributed by atoms with E-state index in [1.165, 1.54) is 60.8 Å². The lowest BCUT2D eigenvalue weighted by Crippen LogP contribution is -3.00. The second-order valence-electron chi connectivity index (χ2n) is 7.57. The molecule has 18 heavy (non-hydrogen) atoms. The number of nitrogens with zero attached hydrogens (tertiary/aromatic N) is 2. The van der Waals surface area contributed by atoms with Gasteiger partial charge in [-0.15, -0.1) is 0 Å². The number of quaternary nitrogens is 2. The van der Waals surface area contributed by atoms with Crippen molar-refractivity contribution in [3.63, 3.8) is 0 Å². The maximum absolute atomic E-state index is 2.38. The van der Waals surface area contributed by atoms with E-state index >= 15 is 0 Å². The summed E-state index contributed by atoms with van der Waals surface area (Å²) in [5.41, 5.74) is 0. The maximum atomic E-state index is 2.38. The van der Waals surface area contributed by atoms with E-state index in [4.69, 9.17) is 0 Å². The van der Waals surface area contributed by atoms with Gasteiger partial charge in [-0.1, -0.05) is 0 Å². The number of likely N-dealkylation sites (tertiary alicyclic amines) is 2. The zero-order valence-corrected chi connectivity index (χ0v) is 16.8. The van der Waals surface area contributed by atoms with Crippen molar-refractivity contribution in [3.05, 3.63) is 0 Å². The first-order valence-electron chi connectivity index (χ1n) is 7.00. The third-order valence-electron chi connectivity index (χ3n) is 4.77. The summed E-state index contributed by atoms with van der Waals surface area (Å²) in [4.78, 5) is 0. The molecule has 110 valence electrons. The van der Waals surface area contributed by atoms with Gasteiger partial charge in [0.1, 0.15) is 0 Å². The van der Waals surface area contributed by atoms with Crippen LogP contribution in [0.15, 0.2) is 0 Å². The first-order valence-corrected chi connectivity index (χ1v) is 7.00. The van der Waals surface area contributed by atoms with Gasteiger partial charge in [0.25, 0.3) is 0 Å². The molecule has 2 rings (SSSR count). The molecule has 2 heterocycles. The highest BCUT2D eigenvalue weighted by atomic mass is 127. The first kappa shape index (κ1) is 19.4. The third kappa shape index (κ3) is 5.79. The molecular formula is C14H30I2N2. The van der Waals surface area contributed by atoms with Gasteiger partial charge in [-0.05, 0) is 12.8 Å². The molecule has 4 heteroatoms. The van der Waals surface area contributed by atoms with E-state index in [1.807, 2.05) is 0 Å². The molecule has 2 saturated heterocycles. The summed E-state index contributed by atoms with van der Waals surface area (Å²) in [5.74, 6) is 2.04. The van der Waals surface area contributed by atoms with Crippen LogP contribution in [-0.4, -0.2) is 63.3 Å². The van der Waals surface area contributed by atoms with Crippen LogP contribution in [0.2, 0.25) is 0 Å². The molecule has 0 radical (unpaired) electrons. The van der Waals surface area contributed by atoms with E-state index in [9.17, 15) is 0 Å². The summed E-state index contributed by atoms with van der Waals surface area (Å²) in [6.07, 6.45) is 5.93. The first-order chi connectivity index (χ1) is 7.36. The highest BCUT2D eigenvalue weighted by Gasteiger charge is 2.34. The third-order valence-corrected chi connectivity index (χ3v) is 4.77. The summed E-state index contributed by atoms with van der Waals surface area (Å²) in [7, 11) is 9.54. The highest BCUT2D eigenvalue weighted by molar-refractivity contribution is 4.70. The standard InChI is InChI=1S/C14H30N2.2HI/c1-15(2)9-7-13(11-15)5-6-14-8-10-16(3,4)12-14;;/h13-14H,5-12H2,1-4H3;2*1H/q+2;;/p-2. The predicted octanol–water partition coefficient (Wildman–Crippen LogP) is -4.03. The van der Waals surface area contributed by atoms with Crippen LogP contribution in [0, 0.1) is 11.8 Å². The van der Waals surface area contributed by atoms with E-state index in [2.05, 4.69) is 28.2 Å². The van der Waals surface area contributed by atoms with Gasteiger partial charge >= 0.3 is 0 Å². The van der Waals surface area contributed by atoms with Gasteiger partial charge in [-0.3, -0.25) is 0 Å². The minimum absolute atomic E-state index is 0. The number of hydrogen-bond acceptors (Lipinski definition) is 0. The van der Waals surface area contributed by atoms with Gasteiger partial charge in [0, 0.05) is 24.7 Å². The van der Waals surface area contributed by atoms with Gasteiger partial charge < -0.3 is 56.9 Å². The Kier molecular flexibility index (Phi) is 7.97. The quantitative estimate of drug-likeness (QED) is 0.286. The minimum Gasteiger partial charge on any atom is -1.00 e. The summed E-state index contributed by atoms with van der Waals surface area (Å²) < 4.78 is 2.52. The molecule has 2 nitrogen and oxygen atoms in total. The lowest BCUT2D eigenvalue weighted by molar-refractivity contribution is -0.879. The Morgan fingerprint density at radius 3 is 1.28 bits per heavy atom. The largest absolute Gasteiger partial charge is 1.00 e. The molecule has 0 aromatic carbocycles. The molecule has 0 spiro atoms. The Morgan fingerprint density at radius 1 is 0.722 bits per heavy atom. The molecule has 0 N–H and O–H groups in total. The SMILES string of the molecule is C[N+]1(C)CCC(CCC2CC[N+](C)(C)C2)C1.[I-].[I-]. The van der Waals surface area contributed by atoms with E-state index in [0.717, 1.165) is 11.8 Å². The molecule has 0 amide bonds. The van der Waals surface area contributed by atoms with Gasteiger partial charge in [-0.25, -0.2) is 0 Å². The van der Waals surface area contributed by atoms with Crippen molar-refractivity contribution >= 4 is 0 Å². The van der Waals surface area contributed by atoms with Gasteiger partial charge in [0.05, 0.1) is 54.4 Å². The molecule has 0 aromatic heterocycles. The van der Waals surface area contributed by atoms with E-state index < -0.39 is 0 Å². The lowest BCUT2D eigenvalue weighted by atomic mass is 9.94. The Morgan fingerprint density at radius 2 is 1.06 bits per heavy atom. The second kappa shape index (κ2) is 7.41. The Labute approximate surface area is 148 Å². The van der Waals surface area contributed by atoms with Crippen LogP contribution in [0.4, 0.5) is 0 Å². The summed E-state index contributed by atoms with van der Waals surface area (Å²) >= 11 is 0. The van der Waals surface area contributed by atoms with Crippen molar-refractivity contribution in [3.8, 4) is 0 Å². The van der Waals surface area contributed by atoms with E-state index in [0.29, 0.717) is 0 Å². The van der Waals surface area contributed by atoms with Crippen LogP contribution in [0.25, 0.3) is 0 Å². The zero-order valence-electron chi connectivity index (χ0n) is 12.5. The molecule has 2 fully saturated rings. The molecule has 2 unspecified atom stereocenters. The Hall–Kier alpha value is 1.38. The van der Waals surface area contributed by atoms with Crippen molar-refractivity contribution in [2.24, 2.45) is 11.8 Å². The number of halogens is 2. The van der Waals surface area contributed by atoms with Crippen LogP contribution in [0.1, 0.15) is 25.7 Å². The normalized spacial score (nSPS) is 32.7. The summed E-state index contributed by atoms with van der Waals surface area (Å²) in [6, 6.07) is 0. The molecule has 2 aliphatic rings. The minimum atomic E-state index is 0. The monoisotopic (exact) mass is 480 g/mol. The van der Waals surface area contributed by atoms with Crippen molar-refractivity contribution in [1.29, 1.82) is 0 Å². The van der Waals surface area contributed by atoms with Crippen LogP contribution >= 0.6 is 0 Å². The van der Waals surface area contributed by atoms with Crippen LogP contribution < -0.4 is 48.0 Å². The lowest BCUT2D eigenvalue weighted by Gasteiger charge is -2.24. The van der Waals surface area contributed by atoms with Crippen molar-refractivity contribution < 1.29 is 56.9 Å². The highest BCUT2D eigenvalue weighted by Crippen LogP contribution is 2.30. The van der Waals surface area contributed by atoms with Gasteiger partial charge in [0.15, 0.2) is 0 Å². The smallest absolute Gasteiger partial charge is 0.0813 e. The van der Waals surface area contributed by atoms with Crippen LogP contribution in [-0.2, 0) is 0 Å². The molecule has 0 aliphatic carbocycles. The van der Waals surface area contributed by atoms with E-state index in [-0.39, 0.29) is 48.0 Å². The van der Waals surface area contributed by atoms with Crippen LogP contribution in [0.5, 0.6) is 0 Å². The number of rotatable bonds is 3. The maximum Gasteiger partial charge on any atom is 0.0813 e. The summed E-state index contributed by atoms with van der Waals surface area (Å²) in [5, 5.41) is 0. The molecule has 0 aromatic rings. The summed E-state index contributed by atoms with van der Waals surface area (Å²) in [6.45, 7) is 5.64.